The zero-order valence-corrected chi connectivity index (χ0v) is 9.23. The lowest BCUT2D eigenvalue weighted by molar-refractivity contribution is 0.180. The predicted octanol–water partition coefficient (Wildman–Crippen LogP) is 2.21. The van der Waals surface area contributed by atoms with E-state index in [2.05, 4.69) is 25.7 Å². The Kier molecular flexibility index (Phi) is 6.92. The molecule has 0 spiro atoms. The monoisotopic (exact) mass is 185 g/mol. The highest BCUT2D eigenvalue weighted by molar-refractivity contribution is 4.92. The predicted molar refractivity (Wildman–Crippen MR) is 58.0 cm³/mol. The van der Waals surface area contributed by atoms with Gasteiger partial charge in [-0.15, -0.1) is 6.58 Å². The fourth-order valence-corrected chi connectivity index (χ4v) is 1.29. The summed E-state index contributed by atoms with van der Waals surface area (Å²) in [5.41, 5.74) is 0.217. The summed E-state index contributed by atoms with van der Waals surface area (Å²) in [6.07, 6.45) is 4.28. The van der Waals surface area contributed by atoms with E-state index in [-0.39, 0.29) is 5.41 Å². The van der Waals surface area contributed by atoms with Gasteiger partial charge in [-0.3, -0.25) is 0 Å². The van der Waals surface area contributed by atoms with E-state index in [0.29, 0.717) is 0 Å². The summed E-state index contributed by atoms with van der Waals surface area (Å²) in [5, 5.41) is 3.35. The molecule has 0 saturated carbocycles. The first-order chi connectivity index (χ1) is 6.18. The van der Waals surface area contributed by atoms with Crippen LogP contribution in [0.1, 0.15) is 26.7 Å². The van der Waals surface area contributed by atoms with Gasteiger partial charge in [-0.1, -0.05) is 19.9 Å². The van der Waals surface area contributed by atoms with Gasteiger partial charge in [0, 0.05) is 20.3 Å². The smallest absolute Gasteiger partial charge is 0.0462 e. The van der Waals surface area contributed by atoms with Gasteiger partial charge >= 0.3 is 0 Å². The molecule has 0 aromatic rings. The molecule has 0 aliphatic rings. The second kappa shape index (κ2) is 7.10. The number of methoxy groups -OCH3 is 1. The highest BCUT2D eigenvalue weighted by Crippen LogP contribution is 2.23. The van der Waals surface area contributed by atoms with E-state index < -0.39 is 0 Å². The van der Waals surface area contributed by atoms with E-state index in [4.69, 9.17) is 4.74 Å². The highest BCUT2D eigenvalue weighted by Gasteiger charge is 2.18. The molecule has 0 aromatic carbocycles. The number of rotatable bonds is 8. The van der Waals surface area contributed by atoms with Gasteiger partial charge in [0.2, 0.25) is 0 Å². The summed E-state index contributed by atoms with van der Waals surface area (Å²) >= 11 is 0. The van der Waals surface area contributed by atoms with Crippen LogP contribution in [0.3, 0.4) is 0 Å². The highest BCUT2D eigenvalue weighted by atomic mass is 16.5. The molecule has 0 fully saturated rings. The molecule has 0 aromatic heterocycles. The van der Waals surface area contributed by atoms with Crippen LogP contribution in [0.25, 0.3) is 0 Å². The van der Waals surface area contributed by atoms with Gasteiger partial charge in [0.15, 0.2) is 0 Å². The second-order valence-electron chi connectivity index (χ2n) is 3.73. The Morgan fingerprint density at radius 1 is 1.54 bits per heavy atom. The first-order valence-electron chi connectivity index (χ1n) is 5.02. The minimum atomic E-state index is 0.217. The van der Waals surface area contributed by atoms with Crippen molar-refractivity contribution in [3.05, 3.63) is 12.7 Å². The van der Waals surface area contributed by atoms with Gasteiger partial charge in [-0.2, -0.15) is 0 Å². The molecule has 0 aliphatic heterocycles. The fraction of sp³-hybridized carbons (Fsp3) is 0.818. The Morgan fingerprint density at radius 3 is 2.69 bits per heavy atom. The second-order valence-corrected chi connectivity index (χ2v) is 3.73. The molecule has 2 nitrogen and oxygen atoms in total. The maximum absolute atomic E-state index is 5.03. The van der Waals surface area contributed by atoms with Crippen molar-refractivity contribution in [3.8, 4) is 0 Å². The van der Waals surface area contributed by atoms with Crippen LogP contribution >= 0.6 is 0 Å². The molecule has 1 atom stereocenters. The van der Waals surface area contributed by atoms with Crippen LogP contribution in [-0.2, 0) is 4.74 Å². The molecular weight excluding hydrogens is 162 g/mol. The molecule has 78 valence electrons. The van der Waals surface area contributed by atoms with Crippen molar-refractivity contribution in [2.24, 2.45) is 5.41 Å². The van der Waals surface area contributed by atoms with Gasteiger partial charge in [0.05, 0.1) is 0 Å². The molecule has 13 heavy (non-hydrogen) atoms. The fourth-order valence-electron chi connectivity index (χ4n) is 1.29. The van der Waals surface area contributed by atoms with Crippen LogP contribution < -0.4 is 5.32 Å². The molecular formula is C11H23NO. The minimum Gasteiger partial charge on any atom is -0.385 e. The Hall–Kier alpha value is -0.340. The lowest BCUT2D eigenvalue weighted by atomic mass is 9.85. The topological polar surface area (TPSA) is 21.3 Å². The SMILES string of the molecule is C=CC(C)(CCCOC)CNCC. The van der Waals surface area contributed by atoms with Crippen LogP contribution in [0, 0.1) is 5.41 Å². The van der Waals surface area contributed by atoms with E-state index in [1.54, 1.807) is 7.11 Å². The van der Waals surface area contributed by atoms with Crippen molar-refractivity contribution in [1.29, 1.82) is 0 Å². The van der Waals surface area contributed by atoms with Crippen molar-refractivity contribution in [2.75, 3.05) is 26.8 Å². The summed E-state index contributed by atoms with van der Waals surface area (Å²) in [4.78, 5) is 0. The van der Waals surface area contributed by atoms with Gasteiger partial charge in [-0.25, -0.2) is 0 Å². The largest absolute Gasteiger partial charge is 0.385 e. The Bertz CT molecular complexity index is 136. The summed E-state index contributed by atoms with van der Waals surface area (Å²) in [7, 11) is 1.75. The molecule has 0 radical (unpaired) electrons. The first-order valence-corrected chi connectivity index (χ1v) is 5.02. The van der Waals surface area contributed by atoms with Gasteiger partial charge in [-0.05, 0) is 24.8 Å². The summed E-state index contributed by atoms with van der Waals surface area (Å²) in [6.45, 7) is 11.1. The van der Waals surface area contributed by atoms with Gasteiger partial charge in [0.1, 0.15) is 0 Å². The molecule has 0 saturated heterocycles. The molecule has 0 heterocycles. The van der Waals surface area contributed by atoms with Crippen molar-refractivity contribution >= 4 is 0 Å². The van der Waals surface area contributed by atoms with Crippen LogP contribution in [0.5, 0.6) is 0 Å². The van der Waals surface area contributed by atoms with E-state index >= 15 is 0 Å². The van der Waals surface area contributed by atoms with E-state index in [1.807, 2.05) is 6.08 Å². The molecule has 0 rings (SSSR count). The number of nitrogens with one attached hydrogen (secondary N) is 1. The van der Waals surface area contributed by atoms with E-state index in [1.165, 1.54) is 0 Å². The van der Waals surface area contributed by atoms with Crippen LogP contribution in [0.4, 0.5) is 0 Å². The molecule has 0 amide bonds. The Morgan fingerprint density at radius 2 is 2.23 bits per heavy atom. The maximum Gasteiger partial charge on any atom is 0.0462 e. The van der Waals surface area contributed by atoms with Crippen molar-refractivity contribution in [1.82, 2.24) is 5.32 Å². The first kappa shape index (κ1) is 12.7. The van der Waals surface area contributed by atoms with Crippen molar-refractivity contribution in [3.63, 3.8) is 0 Å². The standard InChI is InChI=1S/C11H23NO/c1-5-11(3,10-12-6-2)8-7-9-13-4/h5,12H,1,6-10H2,2-4H3. The van der Waals surface area contributed by atoms with Crippen LogP contribution in [0.15, 0.2) is 12.7 Å². The van der Waals surface area contributed by atoms with Gasteiger partial charge in [0.25, 0.3) is 0 Å². The molecule has 0 bridgehead atoms. The van der Waals surface area contributed by atoms with Crippen molar-refractivity contribution in [2.45, 2.75) is 26.7 Å². The Labute approximate surface area is 82.4 Å². The molecule has 1 unspecified atom stereocenters. The van der Waals surface area contributed by atoms with Crippen LogP contribution in [0.2, 0.25) is 0 Å². The summed E-state index contributed by atoms with van der Waals surface area (Å²) in [5.74, 6) is 0. The summed E-state index contributed by atoms with van der Waals surface area (Å²) < 4.78 is 5.03. The third kappa shape index (κ3) is 5.83. The normalized spacial score (nSPS) is 15.3. The lowest BCUT2D eigenvalue weighted by Crippen LogP contribution is -2.30. The van der Waals surface area contributed by atoms with Crippen LogP contribution in [-0.4, -0.2) is 26.8 Å². The Balaban J connectivity index is 3.74. The minimum absolute atomic E-state index is 0.217. The summed E-state index contributed by atoms with van der Waals surface area (Å²) in [6, 6.07) is 0. The number of hydrogen-bond donors (Lipinski definition) is 1. The third-order valence-electron chi connectivity index (χ3n) is 2.37. The van der Waals surface area contributed by atoms with Gasteiger partial charge < -0.3 is 10.1 Å². The zero-order chi connectivity index (χ0) is 10.2. The van der Waals surface area contributed by atoms with E-state index in [0.717, 1.165) is 32.5 Å². The third-order valence-corrected chi connectivity index (χ3v) is 2.37. The average Bonchev–Trinajstić information content (AvgIpc) is 2.15. The number of hydrogen-bond acceptors (Lipinski definition) is 2. The lowest BCUT2D eigenvalue weighted by Gasteiger charge is -2.25. The maximum atomic E-state index is 5.03. The number of ether oxygens (including phenoxy) is 1. The zero-order valence-electron chi connectivity index (χ0n) is 9.23. The van der Waals surface area contributed by atoms with Crippen molar-refractivity contribution < 1.29 is 4.74 Å². The molecule has 0 aliphatic carbocycles. The average molecular weight is 185 g/mol. The molecule has 1 N–H and O–H groups in total. The quantitative estimate of drug-likeness (QED) is 0.462. The molecule has 2 heteroatoms. The van der Waals surface area contributed by atoms with E-state index in [9.17, 15) is 0 Å².